The minimum Gasteiger partial charge on any atom is -0.0616 e. The molecule has 0 aliphatic carbocycles. The lowest BCUT2D eigenvalue weighted by molar-refractivity contribution is 0.590. The van der Waals surface area contributed by atoms with Crippen LogP contribution in [-0.2, 0) is 10.8 Å². The third-order valence-electron chi connectivity index (χ3n) is 14.1. The van der Waals surface area contributed by atoms with Crippen molar-refractivity contribution in [2.45, 2.75) is 52.4 Å². The normalized spacial score (nSPS) is 12.5. The molecule has 0 radical (unpaired) electrons. The topological polar surface area (TPSA) is 0 Å². The van der Waals surface area contributed by atoms with Crippen molar-refractivity contribution in [2.75, 3.05) is 0 Å². The summed E-state index contributed by atoms with van der Waals surface area (Å²) in [7, 11) is 0. The molecule has 306 valence electrons. The highest BCUT2D eigenvalue weighted by Crippen LogP contribution is 2.51. The van der Waals surface area contributed by atoms with Crippen molar-refractivity contribution in [3.05, 3.63) is 205 Å². The SMILES string of the molecule is CC(C)(C)c1ccc(-c2cc(-c3cc4ccccc4c4ccccc34)c3ccc4c(-c5ccc(C(C)(C)C)cc5)cc(-c5cc6ccccc6c6ccccc56)c5ccc2c3c45)cc1. The molecule has 0 bridgehead atoms. The van der Waals surface area contributed by atoms with Crippen LogP contribution < -0.4 is 0 Å². The number of hydrogen-bond donors (Lipinski definition) is 0. The summed E-state index contributed by atoms with van der Waals surface area (Å²) in [5, 5.41) is 17.9. The number of rotatable bonds is 4. The molecule has 0 N–H and O–H groups in total. The summed E-state index contributed by atoms with van der Waals surface area (Å²) in [6.45, 7) is 13.8. The fourth-order valence-electron chi connectivity index (χ4n) is 10.8. The van der Waals surface area contributed by atoms with E-state index in [9.17, 15) is 0 Å². The molecule has 0 atom stereocenters. The van der Waals surface area contributed by atoms with Crippen molar-refractivity contribution in [3.8, 4) is 44.5 Å². The monoisotopic (exact) mass is 818 g/mol. The van der Waals surface area contributed by atoms with Gasteiger partial charge in [-0.3, -0.25) is 0 Å². The molecule has 0 unspecified atom stereocenters. The summed E-state index contributed by atoms with van der Waals surface area (Å²) < 4.78 is 0. The predicted molar refractivity (Wildman–Crippen MR) is 279 cm³/mol. The summed E-state index contributed by atoms with van der Waals surface area (Å²) in [4.78, 5) is 0. The highest BCUT2D eigenvalue weighted by atomic mass is 14.3. The Kier molecular flexibility index (Phi) is 8.47. The van der Waals surface area contributed by atoms with Crippen molar-refractivity contribution in [1.82, 2.24) is 0 Å². The Balaban J connectivity index is 1.26. The van der Waals surface area contributed by atoms with Gasteiger partial charge in [0.2, 0.25) is 0 Å². The summed E-state index contributed by atoms with van der Waals surface area (Å²) in [6.07, 6.45) is 0. The Labute approximate surface area is 375 Å². The maximum atomic E-state index is 2.49. The molecular formula is C64H50. The van der Waals surface area contributed by atoms with Gasteiger partial charge in [-0.25, -0.2) is 0 Å². The van der Waals surface area contributed by atoms with Crippen LogP contribution in [0.4, 0.5) is 0 Å². The quantitative estimate of drug-likeness (QED) is 0.155. The van der Waals surface area contributed by atoms with Gasteiger partial charge in [0.1, 0.15) is 0 Å². The standard InChI is InChI=1S/C64H50/c1-63(2,3)43-27-23-39(24-28-43)55-37-59(57-35-41-15-7-9-17-45(41)47-19-11-13-21-49(47)57)53-34-32-52-56(40-25-29-44(30-26-40)64(4,5)6)38-60(54-33-31-51(55)61(53)62(52)54)58-36-42-16-8-10-18-46(42)48-20-12-14-22-50(48)58/h7-38H,1-6H3. The van der Waals surface area contributed by atoms with E-state index in [1.807, 2.05) is 0 Å². The fraction of sp³-hybridized carbons (Fsp3) is 0.125. The van der Waals surface area contributed by atoms with E-state index in [4.69, 9.17) is 0 Å². The van der Waals surface area contributed by atoms with Crippen LogP contribution in [0.1, 0.15) is 52.7 Å². The summed E-state index contributed by atoms with van der Waals surface area (Å²) >= 11 is 0. The van der Waals surface area contributed by atoms with Gasteiger partial charge in [0.15, 0.2) is 0 Å². The highest BCUT2D eigenvalue weighted by Gasteiger charge is 2.24. The first kappa shape index (κ1) is 38.4. The number of benzene rings is 12. The third kappa shape index (κ3) is 5.96. The Morgan fingerprint density at radius 2 is 0.531 bits per heavy atom. The van der Waals surface area contributed by atoms with E-state index < -0.39 is 0 Å². The molecule has 64 heavy (non-hydrogen) atoms. The number of fused-ring (bicyclic) bond motifs is 6. The Hall–Kier alpha value is -7.28. The van der Waals surface area contributed by atoms with Gasteiger partial charge in [-0.2, -0.15) is 0 Å². The first-order chi connectivity index (χ1) is 31.0. The molecule has 12 rings (SSSR count). The van der Waals surface area contributed by atoms with Crippen molar-refractivity contribution in [1.29, 1.82) is 0 Å². The second kappa shape index (κ2) is 14.1. The van der Waals surface area contributed by atoms with E-state index in [0.29, 0.717) is 0 Å². The minimum absolute atomic E-state index is 0.0567. The Bertz CT molecular complexity index is 3560. The molecule has 0 spiro atoms. The van der Waals surface area contributed by atoms with E-state index in [2.05, 4.69) is 236 Å². The first-order valence-electron chi connectivity index (χ1n) is 22.8. The molecule has 0 aliphatic rings. The molecule has 0 heterocycles. The zero-order valence-electron chi connectivity index (χ0n) is 37.5. The molecule has 0 aromatic heterocycles. The van der Waals surface area contributed by atoms with Gasteiger partial charge in [0.05, 0.1) is 0 Å². The second-order valence-corrected chi connectivity index (χ2v) is 20.1. The predicted octanol–water partition coefficient (Wildman–Crippen LogP) is 18.5. The average Bonchev–Trinajstić information content (AvgIpc) is 3.32. The molecule has 0 amide bonds. The summed E-state index contributed by atoms with van der Waals surface area (Å²) in [5.74, 6) is 0. The van der Waals surface area contributed by atoms with E-state index in [1.165, 1.54) is 131 Å². The molecule has 0 nitrogen and oxygen atoms in total. The maximum absolute atomic E-state index is 2.49. The van der Waals surface area contributed by atoms with E-state index >= 15 is 0 Å². The van der Waals surface area contributed by atoms with E-state index in [0.717, 1.165) is 0 Å². The summed E-state index contributed by atoms with van der Waals surface area (Å²) in [5.41, 5.74) is 12.8. The largest absolute Gasteiger partial charge is 0.0616 e. The lowest BCUT2D eigenvalue weighted by Crippen LogP contribution is -2.10. The Morgan fingerprint density at radius 1 is 0.234 bits per heavy atom. The zero-order valence-corrected chi connectivity index (χ0v) is 37.5. The van der Waals surface area contributed by atoms with Crippen LogP contribution >= 0.6 is 0 Å². The minimum atomic E-state index is 0.0567. The van der Waals surface area contributed by atoms with Crippen LogP contribution in [0.2, 0.25) is 0 Å². The zero-order chi connectivity index (χ0) is 43.5. The van der Waals surface area contributed by atoms with Gasteiger partial charge in [-0.05, 0) is 166 Å². The average molecular weight is 819 g/mol. The molecule has 0 fully saturated rings. The van der Waals surface area contributed by atoms with Crippen molar-refractivity contribution in [3.63, 3.8) is 0 Å². The van der Waals surface area contributed by atoms with Crippen LogP contribution in [0.5, 0.6) is 0 Å². The highest BCUT2D eigenvalue weighted by molar-refractivity contribution is 6.33. The second-order valence-electron chi connectivity index (χ2n) is 20.1. The van der Waals surface area contributed by atoms with Gasteiger partial charge in [0, 0.05) is 0 Å². The van der Waals surface area contributed by atoms with Crippen LogP contribution in [0.15, 0.2) is 194 Å². The van der Waals surface area contributed by atoms with E-state index in [1.54, 1.807) is 0 Å². The molecular weight excluding hydrogens is 769 g/mol. The van der Waals surface area contributed by atoms with Crippen molar-refractivity contribution >= 4 is 75.4 Å². The van der Waals surface area contributed by atoms with Gasteiger partial charge < -0.3 is 0 Å². The van der Waals surface area contributed by atoms with Gasteiger partial charge in [0.25, 0.3) is 0 Å². The third-order valence-corrected chi connectivity index (χ3v) is 14.1. The van der Waals surface area contributed by atoms with Gasteiger partial charge >= 0.3 is 0 Å². The van der Waals surface area contributed by atoms with Crippen LogP contribution in [0, 0.1) is 0 Å². The molecule has 0 saturated heterocycles. The number of hydrogen-bond acceptors (Lipinski definition) is 0. The van der Waals surface area contributed by atoms with Crippen molar-refractivity contribution in [2.24, 2.45) is 0 Å². The van der Waals surface area contributed by atoms with Gasteiger partial charge in [-0.15, -0.1) is 0 Å². The van der Waals surface area contributed by atoms with Crippen LogP contribution in [-0.4, -0.2) is 0 Å². The first-order valence-corrected chi connectivity index (χ1v) is 22.8. The molecule has 12 aromatic carbocycles. The molecule has 0 heteroatoms. The smallest absolute Gasteiger partial charge is 0.00139 e. The van der Waals surface area contributed by atoms with Crippen LogP contribution in [0.3, 0.4) is 0 Å². The van der Waals surface area contributed by atoms with Gasteiger partial charge in [-0.1, -0.05) is 211 Å². The lowest BCUT2D eigenvalue weighted by Gasteiger charge is -2.24. The van der Waals surface area contributed by atoms with Crippen LogP contribution in [0.25, 0.3) is 120 Å². The lowest BCUT2D eigenvalue weighted by atomic mass is 9.80. The van der Waals surface area contributed by atoms with Crippen molar-refractivity contribution < 1.29 is 0 Å². The fourth-order valence-corrected chi connectivity index (χ4v) is 10.8. The summed E-state index contributed by atoms with van der Waals surface area (Å²) in [6, 6.07) is 74.0. The Morgan fingerprint density at radius 3 is 0.891 bits per heavy atom. The molecule has 0 aliphatic heterocycles. The molecule has 12 aromatic rings. The molecule has 0 saturated carbocycles. The van der Waals surface area contributed by atoms with E-state index in [-0.39, 0.29) is 10.8 Å². The maximum Gasteiger partial charge on any atom is -0.00139 e.